The van der Waals surface area contributed by atoms with Gasteiger partial charge in [-0.25, -0.2) is 4.98 Å². The van der Waals surface area contributed by atoms with Gasteiger partial charge < -0.3 is 9.47 Å². The first-order valence-corrected chi connectivity index (χ1v) is 4.23. The highest BCUT2D eigenvalue weighted by atomic mass is 19.4. The van der Waals surface area contributed by atoms with Crippen molar-refractivity contribution in [1.29, 1.82) is 0 Å². The molecule has 0 spiro atoms. The number of ether oxygens (including phenoxy) is 2. The monoisotopic (exact) mass is 266 g/mol. The zero-order valence-corrected chi connectivity index (χ0v) is 8.72. The molecule has 0 aliphatic carbocycles. The first kappa shape index (κ1) is 13.7. The number of alkyl halides is 3. The molecule has 0 fully saturated rings. The van der Waals surface area contributed by atoms with E-state index in [0.29, 0.717) is 6.07 Å². The molecule has 0 amide bonds. The average Bonchev–Trinajstić information content (AvgIpc) is 2.24. The van der Waals surface area contributed by atoms with Gasteiger partial charge in [-0.15, -0.1) is 13.2 Å². The summed E-state index contributed by atoms with van der Waals surface area (Å²) < 4.78 is 43.8. The molecule has 0 aliphatic rings. The van der Waals surface area contributed by atoms with E-state index in [0.717, 1.165) is 7.11 Å². The fourth-order valence-electron chi connectivity index (χ4n) is 1.10. The van der Waals surface area contributed by atoms with E-state index < -0.39 is 34.3 Å². The summed E-state index contributed by atoms with van der Waals surface area (Å²) >= 11 is 0. The molecule has 0 unspecified atom stereocenters. The molecule has 98 valence electrons. The standard InChI is InChI=1S/C8H5F3N2O5/c1-17-5-2-6(18-8(9,10)11)12-4(3-14)7(5)13(15)16/h2-3H,1H3. The molecule has 0 aliphatic heterocycles. The van der Waals surface area contributed by atoms with Gasteiger partial charge in [-0.05, 0) is 0 Å². The lowest BCUT2D eigenvalue weighted by atomic mass is 10.3. The Bertz CT molecular complexity index is 488. The molecule has 1 aromatic rings. The zero-order valence-electron chi connectivity index (χ0n) is 8.72. The van der Waals surface area contributed by atoms with Crippen LogP contribution < -0.4 is 9.47 Å². The lowest BCUT2D eigenvalue weighted by Crippen LogP contribution is -2.18. The molecule has 0 radical (unpaired) electrons. The van der Waals surface area contributed by atoms with Crippen molar-refractivity contribution in [3.8, 4) is 11.6 Å². The van der Waals surface area contributed by atoms with Crippen LogP contribution in [0.5, 0.6) is 11.6 Å². The molecule has 0 saturated heterocycles. The largest absolute Gasteiger partial charge is 0.574 e. The Morgan fingerprint density at radius 1 is 1.50 bits per heavy atom. The summed E-state index contributed by atoms with van der Waals surface area (Å²) in [6, 6.07) is 0.568. The van der Waals surface area contributed by atoms with Crippen molar-refractivity contribution in [1.82, 2.24) is 4.98 Å². The van der Waals surface area contributed by atoms with Crippen LogP contribution >= 0.6 is 0 Å². The van der Waals surface area contributed by atoms with E-state index in [4.69, 9.17) is 0 Å². The third-order valence-electron chi connectivity index (χ3n) is 1.70. The number of hydrogen-bond donors (Lipinski definition) is 0. The number of aromatic nitrogens is 1. The molecule has 1 rings (SSSR count). The minimum atomic E-state index is -5.03. The van der Waals surface area contributed by atoms with Gasteiger partial charge >= 0.3 is 12.0 Å². The number of methoxy groups -OCH3 is 1. The predicted molar refractivity (Wildman–Crippen MR) is 49.5 cm³/mol. The maximum Gasteiger partial charge on any atom is 0.574 e. The van der Waals surface area contributed by atoms with E-state index in [2.05, 4.69) is 14.5 Å². The van der Waals surface area contributed by atoms with Crippen molar-refractivity contribution in [3.63, 3.8) is 0 Å². The van der Waals surface area contributed by atoms with Gasteiger partial charge in [0.15, 0.2) is 12.0 Å². The molecule has 1 aromatic heterocycles. The number of carbonyl (C=O) groups is 1. The van der Waals surface area contributed by atoms with E-state index in [1.165, 1.54) is 0 Å². The van der Waals surface area contributed by atoms with Gasteiger partial charge in [0.1, 0.15) is 0 Å². The Balaban J connectivity index is 3.35. The third-order valence-corrected chi connectivity index (χ3v) is 1.70. The molecule has 0 N–H and O–H groups in total. The van der Waals surface area contributed by atoms with Gasteiger partial charge in [-0.3, -0.25) is 14.9 Å². The Morgan fingerprint density at radius 2 is 2.11 bits per heavy atom. The molecular formula is C8H5F3N2O5. The normalized spacial score (nSPS) is 10.9. The third kappa shape index (κ3) is 3.06. The number of hydrogen-bond acceptors (Lipinski definition) is 6. The highest BCUT2D eigenvalue weighted by Crippen LogP contribution is 2.33. The van der Waals surface area contributed by atoms with Crippen molar-refractivity contribution in [2.45, 2.75) is 6.36 Å². The number of nitrogens with zero attached hydrogens (tertiary/aromatic N) is 2. The van der Waals surface area contributed by atoms with E-state index >= 15 is 0 Å². The second-order valence-corrected chi connectivity index (χ2v) is 2.82. The van der Waals surface area contributed by atoms with Gasteiger partial charge in [-0.2, -0.15) is 0 Å². The Hall–Kier alpha value is -2.39. The van der Waals surface area contributed by atoms with Gasteiger partial charge in [-0.1, -0.05) is 0 Å². The first-order chi connectivity index (χ1) is 8.28. The van der Waals surface area contributed by atoms with E-state index in [-0.39, 0.29) is 6.29 Å². The summed E-state index contributed by atoms with van der Waals surface area (Å²) in [7, 11) is 0.994. The Kier molecular flexibility index (Phi) is 3.69. The lowest BCUT2D eigenvalue weighted by molar-refractivity contribution is -0.386. The summed E-state index contributed by atoms with van der Waals surface area (Å²) in [5.74, 6) is -1.58. The Labute approximate surface area is 97.3 Å². The predicted octanol–water partition coefficient (Wildman–Crippen LogP) is 1.71. The van der Waals surface area contributed by atoms with Crippen LogP contribution in [0, 0.1) is 10.1 Å². The van der Waals surface area contributed by atoms with Gasteiger partial charge in [0.25, 0.3) is 0 Å². The van der Waals surface area contributed by atoms with Crippen molar-refractivity contribution < 1.29 is 32.4 Å². The van der Waals surface area contributed by atoms with Crippen molar-refractivity contribution in [2.24, 2.45) is 0 Å². The van der Waals surface area contributed by atoms with E-state index in [9.17, 15) is 28.1 Å². The second kappa shape index (κ2) is 4.85. The van der Waals surface area contributed by atoms with Crippen LogP contribution in [-0.2, 0) is 0 Å². The van der Waals surface area contributed by atoms with Crippen LogP contribution in [0.3, 0.4) is 0 Å². The smallest absolute Gasteiger partial charge is 0.490 e. The average molecular weight is 266 g/mol. The molecule has 0 saturated carbocycles. The quantitative estimate of drug-likeness (QED) is 0.468. The van der Waals surface area contributed by atoms with Crippen LogP contribution in [0.25, 0.3) is 0 Å². The molecule has 0 atom stereocenters. The van der Waals surface area contributed by atoms with Gasteiger partial charge in [0.05, 0.1) is 18.1 Å². The molecule has 0 bridgehead atoms. The molecule has 18 heavy (non-hydrogen) atoms. The topological polar surface area (TPSA) is 91.6 Å². The summed E-state index contributed by atoms with van der Waals surface area (Å²) in [4.78, 5) is 23.3. The number of halogens is 3. The second-order valence-electron chi connectivity index (χ2n) is 2.82. The van der Waals surface area contributed by atoms with Crippen LogP contribution in [0.4, 0.5) is 18.9 Å². The summed E-state index contributed by atoms with van der Waals surface area (Å²) in [6.07, 6.45) is -5.10. The number of carbonyl (C=O) groups excluding carboxylic acids is 1. The SMILES string of the molecule is COc1cc(OC(F)(F)F)nc(C=O)c1[N+](=O)[O-]. The maximum absolute atomic E-state index is 11.9. The van der Waals surface area contributed by atoms with E-state index in [1.807, 2.05) is 0 Å². The highest BCUT2D eigenvalue weighted by molar-refractivity contribution is 5.81. The summed E-state index contributed by atoms with van der Waals surface area (Å²) in [5.41, 5.74) is -1.65. The van der Waals surface area contributed by atoms with Crippen molar-refractivity contribution in [2.75, 3.05) is 7.11 Å². The van der Waals surface area contributed by atoms with Crippen LogP contribution in [0.2, 0.25) is 0 Å². The fourth-order valence-corrected chi connectivity index (χ4v) is 1.10. The minimum absolute atomic E-state index is 0.0656. The van der Waals surface area contributed by atoms with Crippen LogP contribution in [-0.4, -0.2) is 29.7 Å². The van der Waals surface area contributed by atoms with Crippen molar-refractivity contribution >= 4 is 12.0 Å². The Morgan fingerprint density at radius 3 is 2.50 bits per heavy atom. The van der Waals surface area contributed by atoms with Crippen LogP contribution in [0.1, 0.15) is 10.5 Å². The first-order valence-electron chi connectivity index (χ1n) is 4.23. The van der Waals surface area contributed by atoms with Gasteiger partial charge in [0.2, 0.25) is 11.6 Å². The molecule has 0 aromatic carbocycles. The number of pyridine rings is 1. The molecule has 7 nitrogen and oxygen atoms in total. The molecular weight excluding hydrogens is 261 g/mol. The summed E-state index contributed by atoms with van der Waals surface area (Å²) in [6.45, 7) is 0. The van der Waals surface area contributed by atoms with E-state index in [1.54, 1.807) is 0 Å². The minimum Gasteiger partial charge on any atom is -0.490 e. The van der Waals surface area contributed by atoms with Gasteiger partial charge in [0, 0.05) is 0 Å². The maximum atomic E-state index is 11.9. The van der Waals surface area contributed by atoms with Crippen LogP contribution in [0.15, 0.2) is 6.07 Å². The number of aldehydes is 1. The number of nitro groups is 1. The number of rotatable bonds is 4. The zero-order chi connectivity index (χ0) is 13.9. The van der Waals surface area contributed by atoms with Crippen molar-refractivity contribution in [3.05, 3.63) is 21.9 Å². The lowest BCUT2D eigenvalue weighted by Gasteiger charge is -2.09. The fraction of sp³-hybridized carbons (Fsp3) is 0.250. The molecule has 10 heteroatoms. The molecule has 1 heterocycles. The highest BCUT2D eigenvalue weighted by Gasteiger charge is 2.34. The summed E-state index contributed by atoms with van der Waals surface area (Å²) in [5, 5.41) is 10.6.